The highest BCUT2D eigenvalue weighted by Crippen LogP contribution is 2.52. The lowest BCUT2D eigenvalue weighted by atomic mass is 10.0. The summed E-state index contributed by atoms with van der Waals surface area (Å²) in [5.74, 6) is 1.57. The van der Waals surface area contributed by atoms with Gasteiger partial charge in [0, 0.05) is 76.2 Å². The second-order valence-corrected chi connectivity index (χ2v) is 22.0. The molecule has 6 nitrogen and oxygen atoms in total. The fourth-order valence-corrected chi connectivity index (χ4v) is 13.4. The highest BCUT2D eigenvalue weighted by atomic mass is 16.3. The number of hydrogen-bond donors (Lipinski definition) is 0. The number of furan rings is 2. The Hall–Kier alpha value is -9.78. The van der Waals surface area contributed by atoms with Gasteiger partial charge in [0.15, 0.2) is 11.2 Å². The smallest absolute Gasteiger partial charge is 0.159 e. The molecule has 16 rings (SSSR count). The first-order chi connectivity index (χ1) is 38.8. The average molecular weight is 1020 g/mol. The quantitative estimate of drug-likeness (QED) is 0.137. The molecule has 378 valence electrons. The van der Waals surface area contributed by atoms with Crippen LogP contribution in [0.4, 0.5) is 34.1 Å². The van der Waals surface area contributed by atoms with Gasteiger partial charge in [-0.15, -0.1) is 0 Å². The van der Waals surface area contributed by atoms with E-state index in [2.05, 4.69) is 253 Å². The Morgan fingerprint density at radius 1 is 0.418 bits per heavy atom. The van der Waals surface area contributed by atoms with Gasteiger partial charge in [-0.1, -0.05) is 162 Å². The Bertz CT molecular complexity index is 5180. The van der Waals surface area contributed by atoms with Gasteiger partial charge in [0.25, 0.3) is 0 Å². The number of para-hydroxylation sites is 5. The monoisotopic (exact) mass is 1020 g/mol. The molecule has 0 amide bonds. The van der Waals surface area contributed by atoms with E-state index in [4.69, 9.17) is 8.83 Å². The lowest BCUT2D eigenvalue weighted by molar-refractivity contribution is 0.604. The molecule has 0 unspecified atom stereocenters. The van der Waals surface area contributed by atoms with Crippen LogP contribution in [0.15, 0.2) is 216 Å². The fourth-order valence-electron chi connectivity index (χ4n) is 13.4. The molecule has 79 heavy (non-hydrogen) atoms. The van der Waals surface area contributed by atoms with E-state index in [9.17, 15) is 0 Å². The molecule has 0 spiro atoms. The SMILES string of the molecule is C=Cc1oc2c(N(c3ccc(C(C)C)cc3)c3cccc4c3c3cccc5c6cc7c(cc6n4c53)c3cccc4c5c(N(c6ccc(C(C)C)cc6)c6cccc8c6oc6ccccc68)cccc5n7c34)cccc2c1/C=C\C. The molecule has 0 saturated carbocycles. The van der Waals surface area contributed by atoms with Crippen LogP contribution in [0.3, 0.4) is 0 Å². The molecular weight excluding hydrogens is 965 g/mol. The topological polar surface area (TPSA) is 41.6 Å². The summed E-state index contributed by atoms with van der Waals surface area (Å²) >= 11 is 0. The van der Waals surface area contributed by atoms with Crippen LogP contribution in [0.1, 0.15) is 68.9 Å². The molecule has 6 heterocycles. The number of nitrogens with zero attached hydrogens (tertiary/aromatic N) is 4. The molecule has 6 aromatic heterocycles. The van der Waals surface area contributed by atoms with Crippen molar-refractivity contribution in [3.05, 3.63) is 229 Å². The van der Waals surface area contributed by atoms with Crippen molar-refractivity contribution in [3.8, 4) is 0 Å². The molecule has 6 heteroatoms. The zero-order valence-electron chi connectivity index (χ0n) is 44.7. The Labute approximate surface area is 456 Å². The highest BCUT2D eigenvalue weighted by Gasteiger charge is 2.29. The van der Waals surface area contributed by atoms with Gasteiger partial charge in [-0.25, -0.2) is 0 Å². The lowest BCUT2D eigenvalue weighted by Crippen LogP contribution is -2.11. The number of anilines is 6. The van der Waals surface area contributed by atoms with Crippen molar-refractivity contribution >= 4 is 155 Å². The maximum atomic E-state index is 6.81. The van der Waals surface area contributed by atoms with Crippen LogP contribution in [0, 0.1) is 0 Å². The predicted octanol–water partition coefficient (Wildman–Crippen LogP) is 21.5. The summed E-state index contributed by atoms with van der Waals surface area (Å²) in [4.78, 5) is 4.82. The maximum absolute atomic E-state index is 6.81. The van der Waals surface area contributed by atoms with E-state index in [1.54, 1.807) is 0 Å². The summed E-state index contributed by atoms with van der Waals surface area (Å²) in [6, 6.07) is 71.8. The fraction of sp³-hybridized carbons (Fsp3) is 0.0959. The minimum atomic E-state index is 0.402. The van der Waals surface area contributed by atoms with E-state index >= 15 is 0 Å². The van der Waals surface area contributed by atoms with Crippen LogP contribution in [0.25, 0.3) is 121 Å². The molecule has 0 aliphatic rings. The van der Waals surface area contributed by atoms with E-state index in [-0.39, 0.29) is 0 Å². The number of aromatic nitrogens is 2. The maximum Gasteiger partial charge on any atom is 0.159 e. The summed E-state index contributed by atoms with van der Waals surface area (Å²) in [5.41, 5.74) is 19.6. The number of allylic oxidation sites excluding steroid dienone is 1. The zero-order chi connectivity index (χ0) is 52.9. The zero-order valence-corrected chi connectivity index (χ0v) is 44.7. The predicted molar refractivity (Wildman–Crippen MR) is 335 cm³/mol. The normalized spacial score (nSPS) is 12.6. The van der Waals surface area contributed by atoms with Gasteiger partial charge < -0.3 is 27.4 Å². The second kappa shape index (κ2) is 16.9. The molecule has 0 saturated heterocycles. The molecule has 0 radical (unpaired) electrons. The second-order valence-electron chi connectivity index (χ2n) is 22.0. The third-order valence-corrected chi connectivity index (χ3v) is 17.0. The van der Waals surface area contributed by atoms with Crippen LogP contribution < -0.4 is 9.80 Å². The molecule has 0 atom stereocenters. The first-order valence-electron chi connectivity index (χ1n) is 27.6. The van der Waals surface area contributed by atoms with Crippen molar-refractivity contribution in [3.63, 3.8) is 0 Å². The Kier molecular flexibility index (Phi) is 9.69. The number of fused-ring (bicyclic) bond motifs is 16. The van der Waals surface area contributed by atoms with Crippen LogP contribution in [-0.2, 0) is 0 Å². The van der Waals surface area contributed by atoms with Gasteiger partial charge in [0.2, 0.25) is 0 Å². The minimum absolute atomic E-state index is 0.402. The number of hydrogen-bond acceptors (Lipinski definition) is 4. The summed E-state index contributed by atoms with van der Waals surface area (Å²) in [7, 11) is 0. The van der Waals surface area contributed by atoms with Gasteiger partial charge in [-0.05, 0) is 115 Å². The molecule has 10 aromatic carbocycles. The van der Waals surface area contributed by atoms with Gasteiger partial charge in [0.1, 0.15) is 11.3 Å². The Morgan fingerprint density at radius 3 is 1.38 bits per heavy atom. The summed E-state index contributed by atoms with van der Waals surface area (Å²) < 4.78 is 18.6. The molecule has 0 aliphatic carbocycles. The average Bonchev–Trinajstić information content (AvgIpc) is 4.07. The largest absolute Gasteiger partial charge is 0.454 e. The van der Waals surface area contributed by atoms with Crippen LogP contribution in [0.2, 0.25) is 0 Å². The van der Waals surface area contributed by atoms with E-state index in [1.807, 2.05) is 19.1 Å². The van der Waals surface area contributed by atoms with Gasteiger partial charge >= 0.3 is 0 Å². The molecule has 0 bridgehead atoms. The third-order valence-electron chi connectivity index (χ3n) is 17.0. The first kappa shape index (κ1) is 45.4. The van der Waals surface area contributed by atoms with Crippen LogP contribution in [0.5, 0.6) is 0 Å². The molecule has 16 aromatic rings. The highest BCUT2D eigenvalue weighted by molar-refractivity contribution is 6.31. The van der Waals surface area contributed by atoms with E-state index in [0.717, 1.165) is 89.4 Å². The third kappa shape index (κ3) is 6.28. The summed E-state index contributed by atoms with van der Waals surface area (Å²) in [5, 5.41) is 13.0. The van der Waals surface area contributed by atoms with Crippen molar-refractivity contribution in [2.24, 2.45) is 0 Å². The van der Waals surface area contributed by atoms with Crippen LogP contribution >= 0.6 is 0 Å². The van der Waals surface area contributed by atoms with E-state index in [1.165, 1.54) is 76.3 Å². The van der Waals surface area contributed by atoms with Crippen molar-refractivity contribution < 1.29 is 8.83 Å². The lowest BCUT2D eigenvalue weighted by Gasteiger charge is -2.27. The molecule has 0 N–H and O–H groups in total. The van der Waals surface area contributed by atoms with Crippen LogP contribution in [-0.4, -0.2) is 8.80 Å². The van der Waals surface area contributed by atoms with Crippen molar-refractivity contribution in [1.82, 2.24) is 8.80 Å². The first-order valence-corrected chi connectivity index (χ1v) is 27.6. The standard InChI is InChI=1S/C73H54N4O2/c1-7-17-48-52-21-13-29-62(72(52)78-66(48)8-2)74(46-36-32-44(33-37-46)42(3)4)58-25-15-27-60-68(58)54-23-11-19-50-56-41-65-57(40-64(56)76(60)70(50)54)51-20-12-24-55-69-59(26-16-28-61(69)77(65)71(51)55)75(47-38-34-45(35-39-47)43(5)6)63-30-14-22-53-49-18-9-10-31-67(49)79-73(53)63/h7-43H,2H2,1,3-6H3/b17-7-. The van der Waals surface area contributed by atoms with E-state index < -0.39 is 0 Å². The van der Waals surface area contributed by atoms with Gasteiger partial charge in [0.05, 0.1) is 55.8 Å². The molecular formula is C73H54N4O2. The van der Waals surface area contributed by atoms with Crippen molar-refractivity contribution in [1.29, 1.82) is 0 Å². The minimum Gasteiger partial charge on any atom is -0.454 e. The molecule has 0 aliphatic heterocycles. The van der Waals surface area contributed by atoms with Crippen molar-refractivity contribution in [2.75, 3.05) is 9.80 Å². The molecule has 0 fully saturated rings. The number of benzene rings is 10. The number of rotatable bonds is 10. The van der Waals surface area contributed by atoms with Crippen molar-refractivity contribution in [2.45, 2.75) is 46.5 Å². The Morgan fingerprint density at radius 2 is 0.861 bits per heavy atom. The van der Waals surface area contributed by atoms with Gasteiger partial charge in [-0.3, -0.25) is 0 Å². The Balaban J connectivity index is 0.940. The summed E-state index contributed by atoms with van der Waals surface area (Å²) in [6.07, 6.45) is 6.00. The van der Waals surface area contributed by atoms with Gasteiger partial charge in [-0.2, -0.15) is 0 Å². The summed E-state index contributed by atoms with van der Waals surface area (Å²) in [6.45, 7) is 15.2. The van der Waals surface area contributed by atoms with E-state index in [0.29, 0.717) is 11.8 Å².